The molecule has 2 rings (SSSR count). The number of aliphatic hydroxyl groups is 1. The molecule has 0 radical (unpaired) electrons. The molecule has 1 aliphatic rings. The number of rotatable bonds is 2. The zero-order valence-corrected chi connectivity index (χ0v) is 10.4. The Morgan fingerprint density at radius 3 is 2.82 bits per heavy atom. The van der Waals surface area contributed by atoms with Crippen LogP contribution in [0.4, 0.5) is 0 Å². The summed E-state index contributed by atoms with van der Waals surface area (Å²) < 4.78 is 5.87. The van der Waals surface area contributed by atoms with Crippen molar-refractivity contribution >= 4 is 0 Å². The summed E-state index contributed by atoms with van der Waals surface area (Å²) >= 11 is 0. The SMILES string of the molecule is CC(C#N)C(O)c1cccc2c1OC(C)(C)C2. The summed E-state index contributed by atoms with van der Waals surface area (Å²) in [5, 5.41) is 19.0. The van der Waals surface area contributed by atoms with Crippen LogP contribution >= 0.6 is 0 Å². The highest BCUT2D eigenvalue weighted by molar-refractivity contribution is 5.47. The maximum Gasteiger partial charge on any atom is 0.129 e. The number of ether oxygens (including phenoxy) is 1. The summed E-state index contributed by atoms with van der Waals surface area (Å²) in [6.45, 7) is 5.76. The molecular formula is C14H17NO2. The van der Waals surface area contributed by atoms with Crippen LogP contribution in [0, 0.1) is 17.2 Å². The van der Waals surface area contributed by atoms with E-state index in [0.717, 1.165) is 23.3 Å². The van der Waals surface area contributed by atoms with Crippen LogP contribution in [0.2, 0.25) is 0 Å². The third-order valence-electron chi connectivity index (χ3n) is 3.12. The van der Waals surface area contributed by atoms with Crippen molar-refractivity contribution in [2.24, 2.45) is 5.92 Å². The summed E-state index contributed by atoms with van der Waals surface area (Å²) in [6, 6.07) is 7.82. The fraction of sp³-hybridized carbons (Fsp3) is 0.500. The molecule has 1 N–H and O–H groups in total. The molecule has 0 saturated carbocycles. The molecule has 17 heavy (non-hydrogen) atoms. The molecule has 1 heterocycles. The molecule has 0 fully saturated rings. The van der Waals surface area contributed by atoms with Gasteiger partial charge in [-0.25, -0.2) is 0 Å². The number of aliphatic hydroxyl groups excluding tert-OH is 1. The third-order valence-corrected chi connectivity index (χ3v) is 3.12. The molecule has 0 spiro atoms. The van der Waals surface area contributed by atoms with Gasteiger partial charge in [-0.2, -0.15) is 5.26 Å². The van der Waals surface area contributed by atoms with Crippen LogP contribution in [0.3, 0.4) is 0 Å². The summed E-state index contributed by atoms with van der Waals surface area (Å²) in [5.74, 6) is 0.320. The van der Waals surface area contributed by atoms with Crippen LogP contribution in [0.5, 0.6) is 5.75 Å². The van der Waals surface area contributed by atoms with Gasteiger partial charge in [0.2, 0.25) is 0 Å². The van der Waals surface area contributed by atoms with Crippen LogP contribution in [0.1, 0.15) is 38.0 Å². The topological polar surface area (TPSA) is 53.2 Å². The first-order valence-electron chi connectivity index (χ1n) is 5.83. The zero-order chi connectivity index (χ0) is 12.6. The summed E-state index contributed by atoms with van der Waals surface area (Å²) in [5.41, 5.74) is 1.60. The van der Waals surface area contributed by atoms with Gasteiger partial charge in [-0.15, -0.1) is 0 Å². The molecule has 90 valence electrons. The van der Waals surface area contributed by atoms with Gasteiger partial charge in [0.05, 0.1) is 18.1 Å². The Bertz CT molecular complexity index is 474. The molecule has 0 amide bonds. The molecule has 1 aromatic rings. The van der Waals surface area contributed by atoms with Gasteiger partial charge in [0.1, 0.15) is 11.4 Å². The monoisotopic (exact) mass is 231 g/mol. The van der Waals surface area contributed by atoms with Crippen molar-refractivity contribution in [2.45, 2.75) is 38.9 Å². The first kappa shape index (κ1) is 11.9. The van der Waals surface area contributed by atoms with Crippen LogP contribution in [0.15, 0.2) is 18.2 Å². The summed E-state index contributed by atoms with van der Waals surface area (Å²) in [6.07, 6.45) is 0.0490. The highest BCUT2D eigenvalue weighted by atomic mass is 16.5. The zero-order valence-electron chi connectivity index (χ0n) is 10.4. The molecule has 3 nitrogen and oxygen atoms in total. The molecule has 1 aromatic carbocycles. The van der Waals surface area contributed by atoms with E-state index in [1.54, 1.807) is 6.92 Å². The molecule has 0 aromatic heterocycles. The van der Waals surface area contributed by atoms with Crippen molar-refractivity contribution in [3.8, 4) is 11.8 Å². The number of para-hydroxylation sites is 1. The Labute approximate surface area is 102 Å². The second-order valence-electron chi connectivity index (χ2n) is 5.24. The van der Waals surface area contributed by atoms with Gasteiger partial charge in [0.15, 0.2) is 0 Å². The van der Waals surface area contributed by atoms with E-state index < -0.39 is 12.0 Å². The van der Waals surface area contributed by atoms with Gasteiger partial charge in [0, 0.05) is 12.0 Å². The molecule has 3 heteroatoms. The van der Waals surface area contributed by atoms with Crippen molar-refractivity contribution < 1.29 is 9.84 Å². The minimum Gasteiger partial charge on any atom is -0.487 e. The molecule has 1 aliphatic heterocycles. The van der Waals surface area contributed by atoms with Gasteiger partial charge in [0.25, 0.3) is 0 Å². The fourth-order valence-corrected chi connectivity index (χ4v) is 2.21. The Hall–Kier alpha value is -1.53. The maximum atomic E-state index is 10.1. The maximum absolute atomic E-state index is 10.1. The summed E-state index contributed by atoms with van der Waals surface area (Å²) in [7, 11) is 0. The highest BCUT2D eigenvalue weighted by Gasteiger charge is 2.33. The minimum atomic E-state index is -0.788. The van der Waals surface area contributed by atoms with Crippen molar-refractivity contribution in [3.63, 3.8) is 0 Å². The quantitative estimate of drug-likeness (QED) is 0.851. The Kier molecular flexibility index (Phi) is 2.84. The van der Waals surface area contributed by atoms with Gasteiger partial charge in [-0.1, -0.05) is 18.2 Å². The summed E-state index contributed by atoms with van der Waals surface area (Å²) in [4.78, 5) is 0. The van der Waals surface area contributed by atoms with Gasteiger partial charge >= 0.3 is 0 Å². The normalized spacial score (nSPS) is 19.9. The van der Waals surface area contributed by atoms with Gasteiger partial charge in [-0.05, 0) is 26.3 Å². The van der Waals surface area contributed by atoms with E-state index in [9.17, 15) is 5.11 Å². The van der Waals surface area contributed by atoms with Crippen LogP contribution in [-0.2, 0) is 6.42 Å². The Morgan fingerprint density at radius 1 is 1.47 bits per heavy atom. The number of benzene rings is 1. The molecular weight excluding hydrogens is 214 g/mol. The van der Waals surface area contributed by atoms with Crippen molar-refractivity contribution in [1.82, 2.24) is 0 Å². The molecule has 2 unspecified atom stereocenters. The van der Waals surface area contributed by atoms with Gasteiger partial charge in [-0.3, -0.25) is 0 Å². The average Bonchev–Trinajstić information content (AvgIpc) is 2.60. The average molecular weight is 231 g/mol. The lowest BCUT2D eigenvalue weighted by Crippen LogP contribution is -2.25. The van der Waals surface area contributed by atoms with Crippen LogP contribution < -0.4 is 4.74 Å². The molecule has 0 saturated heterocycles. The lowest BCUT2D eigenvalue weighted by atomic mass is 9.95. The lowest BCUT2D eigenvalue weighted by Gasteiger charge is -2.20. The van der Waals surface area contributed by atoms with E-state index in [-0.39, 0.29) is 5.60 Å². The number of nitrogens with zero attached hydrogens (tertiary/aromatic N) is 1. The van der Waals surface area contributed by atoms with E-state index in [4.69, 9.17) is 10.00 Å². The fourth-order valence-electron chi connectivity index (χ4n) is 2.21. The number of hydrogen-bond acceptors (Lipinski definition) is 3. The van der Waals surface area contributed by atoms with Crippen molar-refractivity contribution in [3.05, 3.63) is 29.3 Å². The van der Waals surface area contributed by atoms with E-state index in [1.165, 1.54) is 0 Å². The molecule has 0 bridgehead atoms. The van der Waals surface area contributed by atoms with Crippen molar-refractivity contribution in [2.75, 3.05) is 0 Å². The first-order valence-corrected chi connectivity index (χ1v) is 5.83. The van der Waals surface area contributed by atoms with E-state index in [2.05, 4.69) is 6.07 Å². The number of nitriles is 1. The van der Waals surface area contributed by atoms with E-state index in [1.807, 2.05) is 32.0 Å². The standard InChI is InChI=1S/C14H17NO2/c1-9(8-15)12(16)11-6-4-5-10-7-14(2,3)17-13(10)11/h4-6,9,12,16H,7H2,1-3H3. The van der Waals surface area contributed by atoms with Crippen molar-refractivity contribution in [1.29, 1.82) is 5.26 Å². The smallest absolute Gasteiger partial charge is 0.129 e. The minimum absolute atomic E-state index is 0.228. The molecule has 0 aliphatic carbocycles. The predicted octanol–water partition coefficient (Wildman–Crippen LogP) is 2.59. The Morgan fingerprint density at radius 2 is 2.18 bits per heavy atom. The van der Waals surface area contributed by atoms with E-state index in [0.29, 0.717) is 0 Å². The van der Waals surface area contributed by atoms with E-state index >= 15 is 0 Å². The third kappa shape index (κ3) is 2.13. The first-order chi connectivity index (χ1) is 7.94. The van der Waals surface area contributed by atoms with Crippen LogP contribution in [-0.4, -0.2) is 10.7 Å². The molecule has 2 atom stereocenters. The second-order valence-corrected chi connectivity index (χ2v) is 5.24. The van der Waals surface area contributed by atoms with Crippen LogP contribution in [0.25, 0.3) is 0 Å². The van der Waals surface area contributed by atoms with Gasteiger partial charge < -0.3 is 9.84 Å². The Balaban J connectivity index is 2.40. The predicted molar refractivity (Wildman–Crippen MR) is 64.6 cm³/mol. The lowest BCUT2D eigenvalue weighted by molar-refractivity contribution is 0.115. The largest absolute Gasteiger partial charge is 0.487 e. The highest BCUT2D eigenvalue weighted by Crippen LogP contribution is 2.41. The number of hydrogen-bond donors (Lipinski definition) is 1. The number of fused-ring (bicyclic) bond motifs is 1. The second kappa shape index (κ2) is 4.05.